The van der Waals surface area contributed by atoms with Gasteiger partial charge in [0.1, 0.15) is 16.4 Å². The maximum atomic E-state index is 13.9. The van der Waals surface area contributed by atoms with Gasteiger partial charge >= 0.3 is 0 Å². The second kappa shape index (κ2) is 6.69. The van der Waals surface area contributed by atoms with E-state index in [2.05, 4.69) is 6.58 Å². The summed E-state index contributed by atoms with van der Waals surface area (Å²) < 4.78 is 39.9. The van der Waals surface area contributed by atoms with Crippen LogP contribution >= 0.6 is 0 Å². The molecule has 0 saturated heterocycles. The molecule has 1 aliphatic heterocycles. The Balaban J connectivity index is 1.73. The van der Waals surface area contributed by atoms with E-state index >= 15 is 0 Å². The molecule has 0 aromatic heterocycles. The van der Waals surface area contributed by atoms with Crippen molar-refractivity contribution >= 4 is 28.0 Å². The van der Waals surface area contributed by atoms with E-state index in [0.29, 0.717) is 27.3 Å². The van der Waals surface area contributed by atoms with Crippen LogP contribution in [0.4, 0.5) is 14.5 Å². The minimum Gasteiger partial charge on any atom is -0.313 e. The molecule has 1 amide bonds. The Hall–Kier alpha value is -3.12. The number of hydrogen-bond acceptors (Lipinski definition) is 2. The summed E-state index contributed by atoms with van der Waals surface area (Å²) in [5, 5.41) is 0. The van der Waals surface area contributed by atoms with Gasteiger partial charge in [-0.3, -0.25) is 9.00 Å². The zero-order chi connectivity index (χ0) is 22.0. The highest BCUT2D eigenvalue weighted by molar-refractivity contribution is 7.88. The molecule has 3 aromatic rings. The van der Waals surface area contributed by atoms with Crippen molar-refractivity contribution in [2.75, 3.05) is 11.9 Å². The highest BCUT2D eigenvalue weighted by Crippen LogP contribution is 2.70. The number of rotatable bonds is 3. The van der Waals surface area contributed by atoms with Crippen molar-refractivity contribution in [3.63, 3.8) is 0 Å². The van der Waals surface area contributed by atoms with Crippen molar-refractivity contribution < 1.29 is 17.8 Å². The average molecular weight is 435 g/mol. The van der Waals surface area contributed by atoms with E-state index in [1.165, 1.54) is 24.3 Å². The molecular formula is C25H19F2NO2S. The molecular weight excluding hydrogens is 416 g/mol. The van der Waals surface area contributed by atoms with E-state index in [9.17, 15) is 17.8 Å². The fourth-order valence-corrected chi connectivity index (χ4v) is 7.01. The van der Waals surface area contributed by atoms with Gasteiger partial charge in [-0.05, 0) is 59.5 Å². The Kier molecular flexibility index (Phi) is 4.28. The van der Waals surface area contributed by atoms with Gasteiger partial charge in [-0.1, -0.05) is 43.0 Å². The lowest BCUT2D eigenvalue weighted by atomic mass is 9.82. The Morgan fingerprint density at radius 1 is 0.968 bits per heavy atom. The zero-order valence-corrected chi connectivity index (χ0v) is 17.6. The van der Waals surface area contributed by atoms with Crippen molar-refractivity contribution in [1.29, 1.82) is 0 Å². The summed E-state index contributed by atoms with van der Waals surface area (Å²) >= 11 is 0. The van der Waals surface area contributed by atoms with Crippen molar-refractivity contribution in [3.05, 3.63) is 102 Å². The first-order valence-electron chi connectivity index (χ1n) is 9.83. The topological polar surface area (TPSA) is 37.4 Å². The lowest BCUT2D eigenvalue weighted by Crippen LogP contribution is -2.49. The third-order valence-corrected chi connectivity index (χ3v) is 8.56. The maximum Gasteiger partial charge on any atom is 0.247 e. The summed E-state index contributed by atoms with van der Waals surface area (Å²) in [6.07, 6.45) is 0.270. The van der Waals surface area contributed by atoms with Crippen LogP contribution in [0.25, 0.3) is 5.57 Å². The first-order valence-corrected chi connectivity index (χ1v) is 11.0. The van der Waals surface area contributed by atoms with E-state index in [-0.39, 0.29) is 18.1 Å². The predicted molar refractivity (Wildman–Crippen MR) is 117 cm³/mol. The van der Waals surface area contributed by atoms with Gasteiger partial charge in [-0.2, -0.15) is 0 Å². The molecule has 1 aliphatic carbocycles. The summed E-state index contributed by atoms with van der Waals surface area (Å²) in [6, 6.07) is 18.9. The zero-order valence-electron chi connectivity index (χ0n) is 16.8. The minimum atomic E-state index is -1.66. The van der Waals surface area contributed by atoms with Gasteiger partial charge in [0.2, 0.25) is 5.91 Å². The number of anilines is 1. The van der Waals surface area contributed by atoms with Gasteiger partial charge < -0.3 is 4.90 Å². The number of para-hydroxylation sites is 1. The van der Waals surface area contributed by atoms with Gasteiger partial charge in [-0.25, -0.2) is 8.78 Å². The minimum absolute atomic E-state index is 0.267. The monoisotopic (exact) mass is 435 g/mol. The summed E-state index contributed by atoms with van der Waals surface area (Å²) in [4.78, 5) is 15.8. The van der Waals surface area contributed by atoms with Gasteiger partial charge in [0, 0.05) is 12.5 Å². The molecule has 1 fully saturated rings. The third-order valence-electron chi connectivity index (χ3n) is 6.52. The Morgan fingerprint density at radius 2 is 1.55 bits per heavy atom. The number of benzene rings is 3. The van der Waals surface area contributed by atoms with Crippen LogP contribution in [0.3, 0.4) is 0 Å². The molecule has 1 heterocycles. The summed E-state index contributed by atoms with van der Waals surface area (Å²) in [5.74, 6) is -1.06. The van der Waals surface area contributed by atoms with E-state index in [0.717, 1.165) is 0 Å². The molecule has 0 N–H and O–H groups in total. The van der Waals surface area contributed by atoms with E-state index < -0.39 is 26.8 Å². The van der Waals surface area contributed by atoms with E-state index in [4.69, 9.17) is 0 Å². The Labute approximate surface area is 181 Å². The summed E-state index contributed by atoms with van der Waals surface area (Å²) in [7, 11) is 0.0153. The van der Waals surface area contributed by atoms with Crippen LogP contribution in [0.2, 0.25) is 0 Å². The molecule has 3 aromatic carbocycles. The second-order valence-electron chi connectivity index (χ2n) is 8.00. The molecule has 0 unspecified atom stereocenters. The molecule has 5 rings (SSSR count). The van der Waals surface area contributed by atoms with Crippen molar-refractivity contribution in [2.45, 2.75) is 21.5 Å². The number of allylic oxidation sites excluding steroid dienone is 1. The molecule has 1 spiro atoms. The van der Waals surface area contributed by atoms with Crippen molar-refractivity contribution in [3.8, 4) is 0 Å². The molecule has 3 atom stereocenters. The van der Waals surface area contributed by atoms with Gasteiger partial charge in [0.25, 0.3) is 0 Å². The standard InChI is InChI=1S/C25H19F2NO2S/c1-16(17-7-11-19(26)12-8-17)24(18-9-13-20(27)14-10-18)15-25(24)23(29)28(2)21-5-3-4-6-22(21)31(25)30/h3-14H,1,15H2,2H3/t24-,25+,31-/m0/s1. The third kappa shape index (κ3) is 2.54. The number of halogens is 2. The molecule has 1 saturated carbocycles. The molecule has 6 heteroatoms. The molecule has 156 valence electrons. The average Bonchev–Trinajstić information content (AvgIpc) is 3.49. The highest BCUT2D eigenvalue weighted by Gasteiger charge is 2.79. The molecule has 0 radical (unpaired) electrons. The largest absolute Gasteiger partial charge is 0.313 e. The lowest BCUT2D eigenvalue weighted by Gasteiger charge is -2.35. The van der Waals surface area contributed by atoms with Crippen LogP contribution in [0.1, 0.15) is 17.5 Å². The first kappa shape index (κ1) is 19.8. The number of amides is 1. The van der Waals surface area contributed by atoms with Crippen molar-refractivity contribution in [1.82, 2.24) is 0 Å². The van der Waals surface area contributed by atoms with Crippen LogP contribution in [-0.4, -0.2) is 21.9 Å². The van der Waals surface area contributed by atoms with Gasteiger partial charge in [0.15, 0.2) is 0 Å². The molecule has 2 aliphatic rings. The number of carbonyl (C=O) groups is 1. The predicted octanol–water partition coefficient (Wildman–Crippen LogP) is 4.84. The van der Waals surface area contributed by atoms with Crippen LogP contribution in [0, 0.1) is 11.6 Å². The number of nitrogens with zero attached hydrogens (tertiary/aromatic N) is 1. The number of fused-ring (bicyclic) bond motifs is 1. The van der Waals surface area contributed by atoms with Gasteiger partial charge in [0.05, 0.1) is 21.4 Å². The van der Waals surface area contributed by atoms with Crippen LogP contribution in [-0.2, 0) is 21.0 Å². The molecule has 31 heavy (non-hydrogen) atoms. The van der Waals surface area contributed by atoms with Crippen molar-refractivity contribution in [2.24, 2.45) is 0 Å². The molecule has 0 bridgehead atoms. The number of hydrogen-bond donors (Lipinski definition) is 0. The maximum absolute atomic E-state index is 13.9. The Bertz CT molecular complexity index is 1260. The quantitative estimate of drug-likeness (QED) is 0.590. The number of carbonyl (C=O) groups excluding carboxylic acids is 1. The summed E-state index contributed by atoms with van der Waals surface area (Å²) in [6.45, 7) is 4.27. The van der Waals surface area contributed by atoms with Crippen LogP contribution < -0.4 is 4.90 Å². The first-order chi connectivity index (χ1) is 14.8. The second-order valence-corrected chi connectivity index (χ2v) is 9.68. The summed E-state index contributed by atoms with van der Waals surface area (Å²) in [5.41, 5.74) is 1.49. The van der Waals surface area contributed by atoms with E-state index in [1.54, 1.807) is 60.5 Å². The fraction of sp³-hybridized carbons (Fsp3) is 0.160. The molecule has 3 nitrogen and oxygen atoms in total. The van der Waals surface area contributed by atoms with E-state index in [1.807, 2.05) is 0 Å². The smallest absolute Gasteiger partial charge is 0.247 e. The Morgan fingerprint density at radius 3 is 2.19 bits per heavy atom. The van der Waals surface area contributed by atoms with Crippen LogP contribution in [0.5, 0.6) is 0 Å². The lowest BCUT2D eigenvalue weighted by molar-refractivity contribution is -0.119. The van der Waals surface area contributed by atoms with Crippen LogP contribution in [0.15, 0.2) is 84.3 Å². The highest BCUT2D eigenvalue weighted by atomic mass is 32.2. The normalized spacial score (nSPS) is 26.6. The SMILES string of the molecule is C=C(c1ccc(F)cc1)[C@]1(c2ccc(F)cc2)C[C@@]12C(=O)N(C)c1ccccc1[S@@]2=O. The fourth-order valence-electron chi connectivity index (χ4n) is 4.84. The van der Waals surface area contributed by atoms with Gasteiger partial charge in [-0.15, -0.1) is 0 Å².